The number of carbonyl (C=O) groups excluding carboxylic acids is 1. The lowest BCUT2D eigenvalue weighted by Gasteiger charge is -2.18. The fraction of sp³-hybridized carbons (Fsp3) is 0.179. The van der Waals surface area contributed by atoms with Gasteiger partial charge in [-0.3, -0.25) is 0 Å². The number of alkyl halides is 3. The van der Waals surface area contributed by atoms with Crippen LogP contribution in [0.15, 0.2) is 77.4 Å². The molecule has 3 aromatic carbocycles. The summed E-state index contributed by atoms with van der Waals surface area (Å²) in [5.41, 5.74) is 1.52. The van der Waals surface area contributed by atoms with Crippen LogP contribution in [0.5, 0.6) is 5.75 Å². The van der Waals surface area contributed by atoms with E-state index in [1.165, 1.54) is 0 Å². The van der Waals surface area contributed by atoms with Gasteiger partial charge in [-0.25, -0.2) is 9.18 Å². The van der Waals surface area contributed by atoms with Gasteiger partial charge in [0, 0.05) is 27.5 Å². The molecule has 0 bridgehead atoms. The van der Waals surface area contributed by atoms with Gasteiger partial charge in [-0.2, -0.15) is 13.2 Å². The summed E-state index contributed by atoms with van der Waals surface area (Å²) < 4.78 is 68.3. The Morgan fingerprint density at radius 3 is 2.51 bits per heavy atom. The third-order valence-electron chi connectivity index (χ3n) is 5.72. The first kappa shape index (κ1) is 26.5. The van der Waals surface area contributed by atoms with Gasteiger partial charge in [0.1, 0.15) is 18.2 Å². The van der Waals surface area contributed by atoms with E-state index in [0.717, 1.165) is 23.8 Å². The van der Waals surface area contributed by atoms with Crippen LogP contribution in [0.4, 0.5) is 17.6 Å². The van der Waals surface area contributed by atoms with Crippen molar-refractivity contribution in [2.75, 3.05) is 6.61 Å². The highest BCUT2D eigenvalue weighted by molar-refractivity contribution is 9.10. The number of aryl methyl sites for hydroxylation is 1. The molecular weight excluding hydrogens is 554 g/mol. The van der Waals surface area contributed by atoms with E-state index in [9.17, 15) is 22.4 Å². The van der Waals surface area contributed by atoms with Crippen molar-refractivity contribution in [1.82, 2.24) is 4.57 Å². The van der Waals surface area contributed by atoms with Crippen molar-refractivity contribution in [2.24, 2.45) is 0 Å². The third-order valence-corrected chi connectivity index (χ3v) is 6.21. The predicted molar refractivity (Wildman–Crippen MR) is 135 cm³/mol. The molecule has 192 valence electrons. The first-order valence-electron chi connectivity index (χ1n) is 11.3. The number of benzene rings is 3. The second-order valence-electron chi connectivity index (χ2n) is 8.18. The normalized spacial score (nSPS) is 11.4. The van der Waals surface area contributed by atoms with Crippen molar-refractivity contribution in [3.8, 4) is 22.7 Å². The summed E-state index contributed by atoms with van der Waals surface area (Å²) in [6.45, 7) is 3.23. The Morgan fingerprint density at radius 2 is 1.78 bits per heavy atom. The molecule has 0 aliphatic rings. The van der Waals surface area contributed by atoms with Gasteiger partial charge in [0.05, 0.1) is 23.4 Å². The molecule has 0 fully saturated rings. The van der Waals surface area contributed by atoms with Crippen LogP contribution in [0.1, 0.15) is 34.0 Å². The van der Waals surface area contributed by atoms with Gasteiger partial charge in [0.2, 0.25) is 0 Å². The Labute approximate surface area is 219 Å². The van der Waals surface area contributed by atoms with Gasteiger partial charge in [0.25, 0.3) is 0 Å². The lowest BCUT2D eigenvalue weighted by Crippen LogP contribution is -2.13. The number of nitrogens with zero attached hydrogens (tertiary/aromatic N) is 1. The molecule has 4 rings (SSSR count). The Kier molecular flexibility index (Phi) is 7.73. The van der Waals surface area contributed by atoms with Crippen LogP contribution < -0.4 is 4.74 Å². The van der Waals surface area contributed by atoms with Gasteiger partial charge < -0.3 is 14.0 Å². The molecule has 1 aromatic heterocycles. The van der Waals surface area contributed by atoms with Crippen molar-refractivity contribution >= 4 is 21.9 Å². The summed E-state index contributed by atoms with van der Waals surface area (Å²) in [6.07, 6.45) is -2.91. The summed E-state index contributed by atoms with van der Waals surface area (Å²) in [4.78, 5) is 12.3. The summed E-state index contributed by atoms with van der Waals surface area (Å²) in [7, 11) is 0. The molecule has 1 heterocycles. The number of esters is 1. The second-order valence-corrected chi connectivity index (χ2v) is 9.10. The number of rotatable bonds is 7. The van der Waals surface area contributed by atoms with Gasteiger partial charge >= 0.3 is 12.1 Å². The van der Waals surface area contributed by atoms with Crippen LogP contribution in [-0.4, -0.2) is 17.1 Å². The van der Waals surface area contributed by atoms with Crippen LogP contribution >= 0.6 is 15.9 Å². The lowest BCUT2D eigenvalue weighted by molar-refractivity contribution is -0.138. The van der Waals surface area contributed by atoms with Crippen LogP contribution in [-0.2, 0) is 17.5 Å². The Hall–Kier alpha value is -3.59. The zero-order valence-corrected chi connectivity index (χ0v) is 21.5. The predicted octanol–water partition coefficient (Wildman–Crippen LogP) is 8.13. The van der Waals surface area contributed by atoms with E-state index in [1.807, 2.05) is 29.8 Å². The average molecular weight is 576 g/mol. The quantitative estimate of drug-likeness (QED) is 0.165. The molecule has 4 aromatic rings. The minimum Gasteiger partial charge on any atom is -0.488 e. The van der Waals surface area contributed by atoms with E-state index in [2.05, 4.69) is 15.9 Å². The molecule has 0 N–H and O–H groups in total. The Bertz CT molecular complexity index is 1450. The van der Waals surface area contributed by atoms with E-state index < -0.39 is 35.7 Å². The third kappa shape index (κ3) is 5.72. The number of carbonyl (C=O) groups is 1. The minimum absolute atomic E-state index is 0.244. The van der Waals surface area contributed by atoms with Crippen molar-refractivity contribution in [3.63, 3.8) is 0 Å². The zero-order valence-electron chi connectivity index (χ0n) is 19.9. The Balaban J connectivity index is 1.76. The molecule has 0 saturated heterocycles. The highest BCUT2D eigenvalue weighted by atomic mass is 79.9. The van der Waals surface area contributed by atoms with Gasteiger partial charge in [-0.1, -0.05) is 28.1 Å². The van der Waals surface area contributed by atoms with Crippen LogP contribution in [0, 0.1) is 12.7 Å². The summed E-state index contributed by atoms with van der Waals surface area (Å²) in [5, 5.41) is 0. The van der Waals surface area contributed by atoms with E-state index in [1.54, 1.807) is 43.3 Å². The summed E-state index contributed by atoms with van der Waals surface area (Å²) in [5.74, 6) is -1.18. The standard InChI is InChI=1S/C28H22BrF4NO3/c1-3-36-27(35)18-6-4-7-20(14-18)34-13-12-17(2)26(34)21-15-19(29)10-11-25(21)37-16-22-23(28(31,32)33)8-5-9-24(22)30/h4-15H,3,16H2,1-2H3. The average Bonchev–Trinajstić information content (AvgIpc) is 3.24. The molecule has 0 unspecified atom stereocenters. The molecule has 9 heteroatoms. The first-order chi connectivity index (χ1) is 17.6. The van der Waals surface area contributed by atoms with Gasteiger partial charge in [0.15, 0.2) is 0 Å². The molecular formula is C28H22BrF4NO3. The van der Waals surface area contributed by atoms with E-state index >= 15 is 0 Å². The molecule has 0 aliphatic carbocycles. The first-order valence-corrected chi connectivity index (χ1v) is 12.1. The lowest BCUT2D eigenvalue weighted by atomic mass is 10.1. The largest absolute Gasteiger partial charge is 0.488 e. The molecule has 0 spiro atoms. The fourth-order valence-corrected chi connectivity index (χ4v) is 4.38. The summed E-state index contributed by atoms with van der Waals surface area (Å²) >= 11 is 3.45. The van der Waals surface area contributed by atoms with E-state index in [4.69, 9.17) is 9.47 Å². The SMILES string of the molecule is CCOC(=O)c1cccc(-n2ccc(C)c2-c2cc(Br)ccc2OCc2c(F)cccc2C(F)(F)F)c1. The monoisotopic (exact) mass is 575 g/mol. The van der Waals surface area contributed by atoms with Crippen molar-refractivity contribution in [2.45, 2.75) is 26.6 Å². The van der Waals surface area contributed by atoms with Crippen molar-refractivity contribution in [3.05, 3.63) is 105 Å². The topological polar surface area (TPSA) is 40.5 Å². The molecule has 0 amide bonds. The Morgan fingerprint density at radius 1 is 1.03 bits per heavy atom. The maximum absolute atomic E-state index is 14.4. The summed E-state index contributed by atoms with van der Waals surface area (Å²) in [6, 6.07) is 16.7. The van der Waals surface area contributed by atoms with Gasteiger partial charge in [-0.05, 0) is 74.0 Å². The van der Waals surface area contributed by atoms with Crippen LogP contribution in [0.2, 0.25) is 0 Å². The highest BCUT2D eigenvalue weighted by Crippen LogP contribution is 2.38. The maximum Gasteiger partial charge on any atom is 0.416 e. The zero-order chi connectivity index (χ0) is 26.7. The number of hydrogen-bond acceptors (Lipinski definition) is 3. The fourth-order valence-electron chi connectivity index (χ4n) is 4.02. The molecule has 0 atom stereocenters. The maximum atomic E-state index is 14.4. The number of ether oxygens (including phenoxy) is 2. The minimum atomic E-state index is -4.72. The highest BCUT2D eigenvalue weighted by Gasteiger charge is 2.34. The molecule has 37 heavy (non-hydrogen) atoms. The van der Waals surface area contributed by atoms with Gasteiger partial charge in [-0.15, -0.1) is 0 Å². The number of halogens is 5. The smallest absolute Gasteiger partial charge is 0.416 e. The molecule has 4 nitrogen and oxygen atoms in total. The number of hydrogen-bond donors (Lipinski definition) is 0. The second kappa shape index (κ2) is 10.8. The molecule has 0 aliphatic heterocycles. The molecule has 0 radical (unpaired) electrons. The van der Waals surface area contributed by atoms with Crippen molar-refractivity contribution in [1.29, 1.82) is 0 Å². The number of aromatic nitrogens is 1. The van der Waals surface area contributed by atoms with E-state index in [-0.39, 0.29) is 12.4 Å². The van der Waals surface area contributed by atoms with Crippen molar-refractivity contribution < 1.29 is 31.8 Å². The van der Waals surface area contributed by atoms with Crippen LogP contribution in [0.3, 0.4) is 0 Å². The van der Waals surface area contributed by atoms with Crippen LogP contribution in [0.25, 0.3) is 16.9 Å². The van der Waals surface area contributed by atoms with E-state index in [0.29, 0.717) is 27.0 Å². The molecule has 0 saturated carbocycles.